The van der Waals surface area contributed by atoms with E-state index < -0.39 is 0 Å². The zero-order valence-corrected chi connectivity index (χ0v) is 17.2. The lowest BCUT2D eigenvalue weighted by Gasteiger charge is -2.30. The maximum atomic E-state index is 13.4. The molecule has 3 aromatic rings. The van der Waals surface area contributed by atoms with Gasteiger partial charge in [0.2, 0.25) is 0 Å². The van der Waals surface area contributed by atoms with Crippen molar-refractivity contribution in [3.8, 4) is 5.75 Å². The summed E-state index contributed by atoms with van der Waals surface area (Å²) in [5.41, 5.74) is 4.05. The predicted octanol–water partition coefficient (Wildman–Crippen LogP) is 5.66. The molecule has 1 heterocycles. The van der Waals surface area contributed by atoms with Crippen LogP contribution >= 0.6 is 15.9 Å². The van der Waals surface area contributed by atoms with Gasteiger partial charge in [-0.15, -0.1) is 0 Å². The Bertz CT molecular complexity index is 971. The van der Waals surface area contributed by atoms with Crippen LogP contribution in [0.5, 0.6) is 5.75 Å². The monoisotopic (exact) mass is 435 g/mol. The van der Waals surface area contributed by atoms with Gasteiger partial charge in [-0.25, -0.2) is 0 Å². The van der Waals surface area contributed by atoms with E-state index in [1.807, 2.05) is 59.5 Å². The van der Waals surface area contributed by atoms with Gasteiger partial charge in [0.1, 0.15) is 5.75 Å². The Morgan fingerprint density at radius 2 is 1.79 bits per heavy atom. The fourth-order valence-electron chi connectivity index (χ4n) is 3.61. The number of benzene rings is 3. The second-order valence-electron chi connectivity index (χ2n) is 6.91. The summed E-state index contributed by atoms with van der Waals surface area (Å²) in [4.78, 5) is 15.3. The van der Waals surface area contributed by atoms with Crippen molar-refractivity contribution in [1.82, 2.24) is 0 Å². The van der Waals surface area contributed by atoms with Crippen LogP contribution in [0.2, 0.25) is 0 Å². The summed E-state index contributed by atoms with van der Waals surface area (Å²) in [5.74, 6) is 0.621. The number of halogens is 1. The molecule has 3 aromatic carbocycles. The molecule has 0 spiro atoms. The number of rotatable bonds is 5. The molecule has 0 fully saturated rings. The molecule has 4 rings (SSSR count). The quantitative estimate of drug-likeness (QED) is 0.516. The maximum Gasteiger partial charge on any atom is 0.262 e. The molecule has 142 valence electrons. The van der Waals surface area contributed by atoms with Gasteiger partial charge < -0.3 is 9.64 Å². The minimum absolute atomic E-state index is 0.0110. The Kier molecular flexibility index (Phi) is 5.77. The van der Waals surface area contributed by atoms with E-state index in [1.54, 1.807) is 0 Å². The molecular formula is C24H22BrNO2. The van der Waals surface area contributed by atoms with Crippen LogP contribution < -0.4 is 9.64 Å². The summed E-state index contributed by atoms with van der Waals surface area (Å²) < 4.78 is 6.90. The molecule has 0 saturated carbocycles. The minimum atomic E-state index is -0.0110. The summed E-state index contributed by atoms with van der Waals surface area (Å²) >= 11 is 3.50. The summed E-state index contributed by atoms with van der Waals surface area (Å²) in [6.45, 7) is 1.26. The Hall–Kier alpha value is -2.59. The highest BCUT2D eigenvalue weighted by Crippen LogP contribution is 2.31. The average Bonchev–Trinajstić information content (AvgIpc) is 2.74. The third-order valence-corrected chi connectivity index (χ3v) is 5.51. The first kappa shape index (κ1) is 18.8. The number of nitrogens with zero attached hydrogens (tertiary/aromatic N) is 1. The van der Waals surface area contributed by atoms with Crippen molar-refractivity contribution in [1.29, 1.82) is 0 Å². The molecule has 0 unspecified atom stereocenters. The van der Waals surface area contributed by atoms with Gasteiger partial charge in [0.05, 0.1) is 12.2 Å². The number of carbonyl (C=O) groups excluding carboxylic acids is 1. The van der Waals surface area contributed by atoms with Crippen molar-refractivity contribution in [3.05, 3.63) is 94.0 Å². The van der Waals surface area contributed by atoms with Crippen molar-refractivity contribution in [2.75, 3.05) is 18.1 Å². The maximum absolute atomic E-state index is 13.4. The zero-order valence-electron chi connectivity index (χ0n) is 15.6. The van der Waals surface area contributed by atoms with Crippen molar-refractivity contribution in [3.63, 3.8) is 0 Å². The predicted molar refractivity (Wildman–Crippen MR) is 116 cm³/mol. The minimum Gasteiger partial charge on any atom is -0.492 e. The summed E-state index contributed by atoms with van der Waals surface area (Å²) in [6.07, 6.45) is 2.79. The molecular weight excluding hydrogens is 414 g/mol. The molecule has 3 nitrogen and oxygen atoms in total. The number of amides is 1. The summed E-state index contributed by atoms with van der Waals surface area (Å²) in [7, 11) is 0. The largest absolute Gasteiger partial charge is 0.492 e. The Morgan fingerprint density at radius 1 is 1.00 bits per heavy atom. The fraction of sp³-hybridized carbons (Fsp3) is 0.208. The van der Waals surface area contributed by atoms with Crippen LogP contribution in [-0.4, -0.2) is 19.1 Å². The van der Waals surface area contributed by atoms with Gasteiger partial charge in [-0.2, -0.15) is 0 Å². The smallest absolute Gasteiger partial charge is 0.262 e. The van der Waals surface area contributed by atoms with Gasteiger partial charge in [-0.05, 0) is 48.2 Å². The van der Waals surface area contributed by atoms with E-state index >= 15 is 0 Å². The second kappa shape index (κ2) is 8.61. The first-order valence-corrected chi connectivity index (χ1v) is 10.4. The van der Waals surface area contributed by atoms with Gasteiger partial charge in [0.15, 0.2) is 0 Å². The van der Waals surface area contributed by atoms with Crippen LogP contribution in [0.4, 0.5) is 5.69 Å². The van der Waals surface area contributed by atoms with Crippen molar-refractivity contribution in [2.24, 2.45) is 0 Å². The molecule has 28 heavy (non-hydrogen) atoms. The third kappa shape index (κ3) is 4.12. The van der Waals surface area contributed by atoms with Gasteiger partial charge in [0.25, 0.3) is 5.91 Å². The Balaban J connectivity index is 1.56. The molecule has 4 heteroatoms. The molecule has 1 aliphatic rings. The molecule has 0 aromatic heterocycles. The number of aryl methyl sites for hydroxylation is 1. The van der Waals surface area contributed by atoms with Gasteiger partial charge >= 0.3 is 0 Å². The number of hydrogen-bond acceptors (Lipinski definition) is 2. The highest BCUT2D eigenvalue weighted by Gasteiger charge is 2.25. The van der Waals surface area contributed by atoms with Crippen LogP contribution in [-0.2, 0) is 12.8 Å². The molecule has 0 N–H and O–H groups in total. The molecule has 1 amide bonds. The second-order valence-corrected chi connectivity index (χ2v) is 7.83. The van der Waals surface area contributed by atoms with Crippen molar-refractivity contribution >= 4 is 27.5 Å². The standard InChI is InChI=1S/C24H22BrNO2/c25-20-12-13-23(28-16-14-18-7-2-1-3-8-18)21(17-20)24(27)26-15-6-10-19-9-4-5-11-22(19)26/h1-5,7-9,11-13,17H,6,10,14-16H2. The van der Waals surface area contributed by atoms with Gasteiger partial charge in [-0.1, -0.05) is 64.5 Å². The molecule has 0 aliphatic carbocycles. The summed E-state index contributed by atoms with van der Waals surface area (Å²) in [5, 5.41) is 0. The fourth-order valence-corrected chi connectivity index (χ4v) is 3.97. The molecule has 0 atom stereocenters. The number of hydrogen-bond donors (Lipinski definition) is 0. The highest BCUT2D eigenvalue weighted by molar-refractivity contribution is 9.10. The van der Waals surface area contributed by atoms with Crippen LogP contribution in [0.1, 0.15) is 27.9 Å². The topological polar surface area (TPSA) is 29.5 Å². The Morgan fingerprint density at radius 3 is 2.64 bits per heavy atom. The van der Waals surface area contributed by atoms with Crippen LogP contribution in [0.15, 0.2) is 77.3 Å². The normalized spacial score (nSPS) is 13.1. The highest BCUT2D eigenvalue weighted by atomic mass is 79.9. The molecule has 1 aliphatic heterocycles. The SMILES string of the molecule is O=C(c1cc(Br)ccc1OCCc1ccccc1)N1CCCc2ccccc21. The van der Waals surface area contributed by atoms with E-state index in [9.17, 15) is 4.79 Å². The average molecular weight is 436 g/mol. The van der Waals surface area contributed by atoms with E-state index in [0.29, 0.717) is 17.9 Å². The summed E-state index contributed by atoms with van der Waals surface area (Å²) in [6, 6.07) is 24.0. The zero-order chi connectivity index (χ0) is 19.3. The van der Waals surface area contributed by atoms with Crippen LogP contribution in [0, 0.1) is 0 Å². The van der Waals surface area contributed by atoms with E-state index in [2.05, 4.69) is 34.1 Å². The lowest BCUT2D eigenvalue weighted by atomic mass is 10.0. The number of ether oxygens (including phenoxy) is 1. The lowest BCUT2D eigenvalue weighted by Crippen LogP contribution is -2.35. The number of anilines is 1. The molecule has 0 saturated heterocycles. The third-order valence-electron chi connectivity index (χ3n) is 5.02. The van der Waals surface area contributed by atoms with E-state index in [0.717, 1.165) is 36.0 Å². The first-order chi connectivity index (χ1) is 13.7. The Labute approximate surface area is 174 Å². The van der Waals surface area contributed by atoms with Gasteiger partial charge in [0, 0.05) is 23.1 Å². The number of carbonyl (C=O) groups is 1. The van der Waals surface area contributed by atoms with E-state index in [1.165, 1.54) is 11.1 Å². The van der Waals surface area contributed by atoms with E-state index in [-0.39, 0.29) is 5.91 Å². The van der Waals surface area contributed by atoms with Crippen molar-refractivity contribution in [2.45, 2.75) is 19.3 Å². The molecule has 0 bridgehead atoms. The van der Waals surface area contributed by atoms with E-state index in [4.69, 9.17) is 4.74 Å². The lowest BCUT2D eigenvalue weighted by molar-refractivity contribution is 0.0981. The number of para-hydroxylation sites is 1. The first-order valence-electron chi connectivity index (χ1n) is 9.58. The van der Waals surface area contributed by atoms with Crippen LogP contribution in [0.25, 0.3) is 0 Å². The van der Waals surface area contributed by atoms with Crippen LogP contribution in [0.3, 0.4) is 0 Å². The molecule has 0 radical (unpaired) electrons. The van der Waals surface area contributed by atoms with Crippen molar-refractivity contribution < 1.29 is 9.53 Å². The van der Waals surface area contributed by atoms with Gasteiger partial charge in [-0.3, -0.25) is 4.79 Å². The number of fused-ring (bicyclic) bond motifs is 1.